The summed E-state index contributed by atoms with van der Waals surface area (Å²) in [4.78, 5) is 0.857. The summed E-state index contributed by atoms with van der Waals surface area (Å²) in [5.74, 6) is 0.700. The third-order valence-electron chi connectivity index (χ3n) is 5.98. The molecule has 0 aromatic heterocycles. The Labute approximate surface area is 210 Å². The summed E-state index contributed by atoms with van der Waals surface area (Å²) in [7, 11) is 1.62. The second-order valence-electron chi connectivity index (χ2n) is 8.59. The molecule has 7 heteroatoms. The Kier molecular flexibility index (Phi) is 9.20. The van der Waals surface area contributed by atoms with Crippen LogP contribution < -0.4 is 4.74 Å². The summed E-state index contributed by atoms with van der Waals surface area (Å²) in [5, 5.41) is 22.2. The molecule has 6 atom stereocenters. The van der Waals surface area contributed by atoms with E-state index >= 15 is 0 Å². The zero-order chi connectivity index (χ0) is 24.6. The maximum Gasteiger partial charge on any atom is 0.184 e. The van der Waals surface area contributed by atoms with Gasteiger partial charge in [-0.25, -0.2) is 0 Å². The molecule has 1 aliphatic heterocycles. The monoisotopic (exact) mass is 496 g/mol. The van der Waals surface area contributed by atoms with E-state index in [9.17, 15) is 10.2 Å². The summed E-state index contributed by atoms with van der Waals surface area (Å²) < 4.78 is 23.8. The number of thioether (sulfide) groups is 1. The van der Waals surface area contributed by atoms with Crippen LogP contribution in [-0.2, 0) is 20.8 Å². The first kappa shape index (κ1) is 25.7. The SMILES string of the molecule is COc1ccc(COC([C@@H]2OC(c3ccccc3)OCC2C)[C@@H](O)[C@H](O)Sc2ccccc2)cc1. The van der Waals surface area contributed by atoms with Crippen LogP contribution in [0.1, 0.15) is 24.3 Å². The lowest BCUT2D eigenvalue weighted by atomic mass is 9.95. The van der Waals surface area contributed by atoms with Crippen molar-refractivity contribution in [1.82, 2.24) is 0 Å². The number of aliphatic hydroxyl groups excluding tert-OH is 2. The smallest absolute Gasteiger partial charge is 0.184 e. The molecule has 0 saturated carbocycles. The van der Waals surface area contributed by atoms with Gasteiger partial charge in [-0.05, 0) is 29.8 Å². The first-order valence-electron chi connectivity index (χ1n) is 11.7. The average molecular weight is 497 g/mol. The molecule has 0 aliphatic carbocycles. The van der Waals surface area contributed by atoms with Crippen LogP contribution in [0.5, 0.6) is 5.75 Å². The summed E-state index contributed by atoms with van der Waals surface area (Å²) in [6.07, 6.45) is -3.04. The summed E-state index contributed by atoms with van der Waals surface area (Å²) in [6, 6.07) is 26.7. The topological polar surface area (TPSA) is 77.4 Å². The Morgan fingerprint density at radius 1 is 0.943 bits per heavy atom. The zero-order valence-electron chi connectivity index (χ0n) is 19.9. The quantitative estimate of drug-likeness (QED) is 0.308. The molecule has 3 aromatic carbocycles. The van der Waals surface area contributed by atoms with Crippen molar-refractivity contribution in [2.45, 2.75) is 48.5 Å². The highest BCUT2D eigenvalue weighted by Gasteiger charge is 2.42. The van der Waals surface area contributed by atoms with Crippen LogP contribution in [0.25, 0.3) is 0 Å². The molecule has 1 fully saturated rings. The van der Waals surface area contributed by atoms with Crippen molar-refractivity contribution in [2.24, 2.45) is 5.92 Å². The van der Waals surface area contributed by atoms with Gasteiger partial charge in [0.05, 0.1) is 26.4 Å². The normalized spacial score (nSPS) is 22.8. The molecule has 3 aromatic rings. The van der Waals surface area contributed by atoms with Crippen molar-refractivity contribution in [3.63, 3.8) is 0 Å². The highest BCUT2D eigenvalue weighted by Crippen LogP contribution is 2.35. The number of rotatable bonds is 10. The number of hydrogen-bond acceptors (Lipinski definition) is 7. The van der Waals surface area contributed by atoms with Gasteiger partial charge in [-0.2, -0.15) is 0 Å². The van der Waals surface area contributed by atoms with Crippen LogP contribution >= 0.6 is 11.8 Å². The lowest BCUT2D eigenvalue weighted by Crippen LogP contribution is -2.51. The Morgan fingerprint density at radius 3 is 2.26 bits per heavy atom. The standard InChI is InChI=1S/C28H32O6S/c1-19-17-33-28(21-9-5-3-6-10-21)34-25(19)26(32-18-20-13-15-22(31-2)16-14-20)24(29)27(30)35-23-11-7-4-8-12-23/h3-16,19,24-30H,17-18H2,1-2H3/t19?,24-,25-,26?,27-,28?/m1/s1. The van der Waals surface area contributed by atoms with E-state index in [2.05, 4.69) is 0 Å². The fraction of sp³-hybridized carbons (Fsp3) is 0.357. The zero-order valence-corrected chi connectivity index (χ0v) is 20.7. The summed E-state index contributed by atoms with van der Waals surface area (Å²) >= 11 is 1.19. The van der Waals surface area contributed by atoms with E-state index in [4.69, 9.17) is 18.9 Å². The molecule has 0 bridgehead atoms. The van der Waals surface area contributed by atoms with Crippen molar-refractivity contribution in [3.05, 3.63) is 96.1 Å². The summed E-state index contributed by atoms with van der Waals surface area (Å²) in [6.45, 7) is 2.69. The Balaban J connectivity index is 1.53. The van der Waals surface area contributed by atoms with E-state index in [0.717, 1.165) is 21.8 Å². The van der Waals surface area contributed by atoms with Gasteiger partial charge in [0.1, 0.15) is 23.4 Å². The third-order valence-corrected chi connectivity index (χ3v) is 7.04. The molecule has 1 heterocycles. The molecular weight excluding hydrogens is 464 g/mol. The minimum absolute atomic E-state index is 0.0561. The molecule has 35 heavy (non-hydrogen) atoms. The second-order valence-corrected chi connectivity index (χ2v) is 9.78. The van der Waals surface area contributed by atoms with Gasteiger partial charge >= 0.3 is 0 Å². The Hall–Kier alpha value is -2.39. The molecule has 2 N–H and O–H groups in total. The predicted molar refractivity (Wildman–Crippen MR) is 135 cm³/mol. The molecule has 6 nitrogen and oxygen atoms in total. The van der Waals surface area contributed by atoms with Crippen LogP contribution in [-0.4, -0.2) is 47.7 Å². The van der Waals surface area contributed by atoms with Gasteiger partial charge in [0, 0.05) is 16.4 Å². The molecule has 1 aliphatic rings. The average Bonchev–Trinajstić information content (AvgIpc) is 2.91. The van der Waals surface area contributed by atoms with Gasteiger partial charge in [-0.15, -0.1) is 0 Å². The molecular formula is C28H32O6S. The van der Waals surface area contributed by atoms with E-state index in [0.29, 0.717) is 6.61 Å². The molecule has 186 valence electrons. The summed E-state index contributed by atoms with van der Waals surface area (Å²) in [5.41, 5.74) is 0.714. The van der Waals surface area contributed by atoms with Crippen molar-refractivity contribution in [2.75, 3.05) is 13.7 Å². The Morgan fingerprint density at radius 2 is 1.60 bits per heavy atom. The number of aliphatic hydroxyl groups is 2. The van der Waals surface area contributed by atoms with E-state index in [1.54, 1.807) is 7.11 Å². The predicted octanol–water partition coefficient (Wildman–Crippen LogP) is 4.80. The van der Waals surface area contributed by atoms with Gasteiger partial charge in [0.15, 0.2) is 6.29 Å². The number of methoxy groups -OCH3 is 1. The largest absolute Gasteiger partial charge is 0.497 e. The van der Waals surface area contributed by atoms with Crippen LogP contribution in [0.15, 0.2) is 89.8 Å². The first-order chi connectivity index (χ1) is 17.0. The second kappa shape index (κ2) is 12.5. The Bertz CT molecular complexity index is 1020. The lowest BCUT2D eigenvalue weighted by molar-refractivity contribution is -0.276. The fourth-order valence-electron chi connectivity index (χ4n) is 4.01. The molecule has 1 saturated heterocycles. The van der Waals surface area contributed by atoms with Gasteiger partial charge in [0.2, 0.25) is 0 Å². The first-order valence-corrected chi connectivity index (χ1v) is 12.6. The molecule has 4 rings (SSSR count). The van der Waals surface area contributed by atoms with Crippen LogP contribution in [0.3, 0.4) is 0 Å². The highest BCUT2D eigenvalue weighted by atomic mass is 32.2. The lowest BCUT2D eigenvalue weighted by Gasteiger charge is -2.41. The minimum atomic E-state index is -1.19. The van der Waals surface area contributed by atoms with E-state index in [1.165, 1.54) is 11.8 Å². The maximum atomic E-state index is 11.3. The fourth-order valence-corrected chi connectivity index (χ4v) is 4.90. The van der Waals surface area contributed by atoms with E-state index in [1.807, 2.05) is 91.9 Å². The third kappa shape index (κ3) is 6.85. The number of benzene rings is 3. The van der Waals surface area contributed by atoms with Gasteiger partial charge in [0.25, 0.3) is 0 Å². The van der Waals surface area contributed by atoms with Crippen molar-refractivity contribution < 1.29 is 29.2 Å². The molecule has 0 radical (unpaired) electrons. The van der Waals surface area contributed by atoms with Gasteiger partial charge < -0.3 is 29.2 Å². The van der Waals surface area contributed by atoms with Gasteiger partial charge in [-0.1, -0.05) is 79.3 Å². The highest BCUT2D eigenvalue weighted by molar-refractivity contribution is 7.99. The van der Waals surface area contributed by atoms with Crippen molar-refractivity contribution >= 4 is 11.8 Å². The minimum Gasteiger partial charge on any atom is -0.497 e. The van der Waals surface area contributed by atoms with Gasteiger partial charge in [-0.3, -0.25) is 0 Å². The number of hydrogen-bond donors (Lipinski definition) is 2. The van der Waals surface area contributed by atoms with E-state index < -0.39 is 30.0 Å². The number of ether oxygens (including phenoxy) is 4. The van der Waals surface area contributed by atoms with Crippen molar-refractivity contribution in [3.8, 4) is 5.75 Å². The van der Waals surface area contributed by atoms with Crippen LogP contribution in [0, 0.1) is 5.92 Å². The van der Waals surface area contributed by atoms with E-state index in [-0.39, 0.29) is 12.5 Å². The van der Waals surface area contributed by atoms with Crippen molar-refractivity contribution in [1.29, 1.82) is 0 Å². The molecule has 0 amide bonds. The molecule has 0 spiro atoms. The van der Waals surface area contributed by atoms with Crippen LogP contribution in [0.2, 0.25) is 0 Å². The molecule has 3 unspecified atom stereocenters. The van der Waals surface area contributed by atoms with Crippen LogP contribution in [0.4, 0.5) is 0 Å². The maximum absolute atomic E-state index is 11.3.